The van der Waals surface area contributed by atoms with E-state index in [1.807, 2.05) is 0 Å². The van der Waals surface area contributed by atoms with Gasteiger partial charge in [0, 0.05) is 0 Å². The van der Waals surface area contributed by atoms with Crippen LogP contribution < -0.4 is 20.7 Å². The lowest BCUT2D eigenvalue weighted by molar-refractivity contribution is 0.0933. The first-order valence-electron chi connectivity index (χ1n) is 6.66. The van der Waals surface area contributed by atoms with E-state index in [9.17, 15) is 0 Å². The number of hydrogen-bond acceptors (Lipinski definition) is 6. The van der Waals surface area contributed by atoms with Crippen molar-refractivity contribution in [1.82, 2.24) is 9.97 Å². The van der Waals surface area contributed by atoms with Crippen molar-refractivity contribution in [3.05, 3.63) is 6.33 Å². The van der Waals surface area contributed by atoms with E-state index in [0.717, 1.165) is 12.8 Å². The van der Waals surface area contributed by atoms with Gasteiger partial charge in [-0.1, -0.05) is 13.8 Å². The van der Waals surface area contributed by atoms with Gasteiger partial charge >= 0.3 is 0 Å². The number of rotatable bonds is 4. The number of nitrogens with two attached hydrogens (primary N) is 1. The third-order valence-electron chi connectivity index (χ3n) is 3.53. The minimum Gasteiger partial charge on any atom is -0.489 e. The van der Waals surface area contributed by atoms with Crippen molar-refractivity contribution in [1.29, 1.82) is 0 Å². The monoisotopic (exact) mass is 266 g/mol. The molecule has 2 unspecified atom stereocenters. The first kappa shape index (κ1) is 13.9. The van der Waals surface area contributed by atoms with E-state index in [-0.39, 0.29) is 6.10 Å². The first-order valence-corrected chi connectivity index (χ1v) is 6.66. The molecule has 0 saturated heterocycles. The van der Waals surface area contributed by atoms with Crippen LogP contribution in [0.4, 0.5) is 5.82 Å². The van der Waals surface area contributed by atoms with E-state index >= 15 is 0 Å². The molecule has 1 heterocycles. The second-order valence-corrected chi connectivity index (χ2v) is 5.36. The van der Waals surface area contributed by atoms with Crippen LogP contribution in [0.15, 0.2) is 6.33 Å². The van der Waals surface area contributed by atoms with Crippen molar-refractivity contribution >= 4 is 5.82 Å². The zero-order valence-corrected chi connectivity index (χ0v) is 11.7. The standard InChI is InChI=1S/C13H22N4O2/c1-8-4-9(2)6-10(5-8)19-13-11(18-3)12(17-14)15-7-16-13/h7-10H,4-6,14H2,1-3H3,(H,15,16,17). The highest BCUT2D eigenvalue weighted by Gasteiger charge is 2.27. The Morgan fingerprint density at radius 2 is 1.89 bits per heavy atom. The molecule has 0 spiro atoms. The molecule has 19 heavy (non-hydrogen) atoms. The van der Waals surface area contributed by atoms with Crippen LogP contribution in [0.3, 0.4) is 0 Å². The number of anilines is 1. The van der Waals surface area contributed by atoms with E-state index in [2.05, 4.69) is 29.2 Å². The summed E-state index contributed by atoms with van der Waals surface area (Å²) in [6, 6.07) is 0. The maximum Gasteiger partial charge on any atom is 0.262 e. The van der Waals surface area contributed by atoms with E-state index < -0.39 is 0 Å². The molecule has 1 saturated carbocycles. The zero-order valence-electron chi connectivity index (χ0n) is 11.7. The Hall–Kier alpha value is -1.56. The number of nitrogens with zero attached hydrogens (tertiary/aromatic N) is 2. The average Bonchev–Trinajstić information content (AvgIpc) is 2.37. The smallest absolute Gasteiger partial charge is 0.262 e. The van der Waals surface area contributed by atoms with Crippen molar-refractivity contribution in [3.63, 3.8) is 0 Å². The van der Waals surface area contributed by atoms with Gasteiger partial charge in [0.05, 0.1) is 7.11 Å². The Labute approximate surface area is 113 Å². The summed E-state index contributed by atoms with van der Waals surface area (Å²) >= 11 is 0. The van der Waals surface area contributed by atoms with E-state index in [1.165, 1.54) is 12.7 Å². The number of hydrogen-bond donors (Lipinski definition) is 2. The third kappa shape index (κ3) is 3.26. The highest BCUT2D eigenvalue weighted by atomic mass is 16.5. The molecule has 0 aliphatic heterocycles. The van der Waals surface area contributed by atoms with Crippen LogP contribution in [0.25, 0.3) is 0 Å². The summed E-state index contributed by atoms with van der Waals surface area (Å²) < 4.78 is 11.3. The Balaban J connectivity index is 2.14. The summed E-state index contributed by atoms with van der Waals surface area (Å²) in [5, 5.41) is 0. The van der Waals surface area contributed by atoms with Crippen LogP contribution in [0, 0.1) is 11.8 Å². The fourth-order valence-corrected chi connectivity index (χ4v) is 2.86. The summed E-state index contributed by atoms with van der Waals surface area (Å²) in [7, 11) is 1.55. The molecule has 3 N–H and O–H groups in total. The van der Waals surface area contributed by atoms with Gasteiger partial charge in [-0.3, -0.25) is 0 Å². The topological polar surface area (TPSA) is 82.3 Å². The number of nitrogen functional groups attached to an aromatic ring is 1. The van der Waals surface area contributed by atoms with Gasteiger partial charge in [0.15, 0.2) is 5.82 Å². The van der Waals surface area contributed by atoms with Crippen molar-refractivity contribution in [2.45, 2.75) is 39.2 Å². The van der Waals surface area contributed by atoms with Crippen LogP contribution in [0.2, 0.25) is 0 Å². The molecule has 6 heteroatoms. The van der Waals surface area contributed by atoms with Crippen LogP contribution in [-0.2, 0) is 0 Å². The largest absolute Gasteiger partial charge is 0.489 e. The number of ether oxygens (including phenoxy) is 2. The molecular formula is C13H22N4O2. The molecule has 106 valence electrons. The van der Waals surface area contributed by atoms with Gasteiger partial charge < -0.3 is 14.9 Å². The van der Waals surface area contributed by atoms with Crippen molar-refractivity contribution in [2.75, 3.05) is 12.5 Å². The van der Waals surface area contributed by atoms with Gasteiger partial charge in [-0.05, 0) is 31.1 Å². The molecule has 1 aliphatic carbocycles. The maximum atomic E-state index is 5.99. The van der Waals surface area contributed by atoms with Crippen molar-refractivity contribution in [3.8, 4) is 11.6 Å². The second-order valence-electron chi connectivity index (χ2n) is 5.36. The maximum absolute atomic E-state index is 5.99. The predicted molar refractivity (Wildman–Crippen MR) is 73.0 cm³/mol. The summed E-state index contributed by atoms with van der Waals surface area (Å²) in [5.74, 6) is 8.09. The minimum atomic E-state index is 0.174. The van der Waals surface area contributed by atoms with E-state index in [0.29, 0.717) is 29.3 Å². The number of methoxy groups -OCH3 is 1. The van der Waals surface area contributed by atoms with Crippen LogP contribution >= 0.6 is 0 Å². The summed E-state index contributed by atoms with van der Waals surface area (Å²) in [5.41, 5.74) is 2.49. The highest BCUT2D eigenvalue weighted by molar-refractivity contribution is 5.54. The summed E-state index contributed by atoms with van der Waals surface area (Å²) in [6.45, 7) is 4.52. The van der Waals surface area contributed by atoms with Crippen molar-refractivity contribution < 1.29 is 9.47 Å². The Morgan fingerprint density at radius 3 is 2.47 bits per heavy atom. The molecule has 1 fully saturated rings. The molecular weight excluding hydrogens is 244 g/mol. The molecule has 0 radical (unpaired) electrons. The normalized spacial score (nSPS) is 26.8. The first-order chi connectivity index (χ1) is 9.13. The van der Waals surface area contributed by atoms with Crippen LogP contribution in [-0.4, -0.2) is 23.2 Å². The Kier molecular flexibility index (Phi) is 4.42. The summed E-state index contributed by atoms with van der Waals surface area (Å²) in [4.78, 5) is 8.15. The molecule has 0 aromatic carbocycles. The number of hydrazine groups is 1. The predicted octanol–water partition coefficient (Wildman–Crippen LogP) is 1.97. The molecule has 2 atom stereocenters. The van der Waals surface area contributed by atoms with E-state index in [1.54, 1.807) is 7.11 Å². The molecule has 2 rings (SSSR count). The lowest BCUT2D eigenvalue weighted by Crippen LogP contribution is -2.29. The van der Waals surface area contributed by atoms with Gasteiger partial charge in [-0.15, -0.1) is 0 Å². The molecule has 1 aromatic rings. The molecule has 0 bridgehead atoms. The summed E-state index contributed by atoms with van der Waals surface area (Å²) in [6.07, 6.45) is 4.94. The lowest BCUT2D eigenvalue weighted by atomic mass is 9.82. The lowest BCUT2D eigenvalue weighted by Gasteiger charge is -2.31. The average molecular weight is 266 g/mol. The van der Waals surface area contributed by atoms with E-state index in [4.69, 9.17) is 15.3 Å². The molecule has 6 nitrogen and oxygen atoms in total. The van der Waals surface area contributed by atoms with Crippen LogP contribution in [0.1, 0.15) is 33.1 Å². The van der Waals surface area contributed by atoms with Crippen molar-refractivity contribution in [2.24, 2.45) is 17.7 Å². The van der Waals surface area contributed by atoms with Crippen LogP contribution in [0.5, 0.6) is 11.6 Å². The molecule has 1 aromatic heterocycles. The number of nitrogens with one attached hydrogen (secondary N) is 1. The number of aromatic nitrogens is 2. The van der Waals surface area contributed by atoms with Gasteiger partial charge in [0.25, 0.3) is 5.88 Å². The minimum absolute atomic E-state index is 0.174. The van der Waals surface area contributed by atoms with Gasteiger partial charge in [-0.25, -0.2) is 10.8 Å². The SMILES string of the molecule is COc1c(NN)ncnc1OC1CC(C)CC(C)C1. The van der Waals surface area contributed by atoms with Gasteiger partial charge in [-0.2, -0.15) is 4.98 Å². The zero-order chi connectivity index (χ0) is 13.8. The Morgan fingerprint density at radius 1 is 1.21 bits per heavy atom. The Bertz CT molecular complexity index is 417. The second kappa shape index (κ2) is 6.06. The molecule has 1 aliphatic rings. The fraction of sp³-hybridized carbons (Fsp3) is 0.692. The molecule has 0 amide bonds. The van der Waals surface area contributed by atoms with Gasteiger partial charge in [0.1, 0.15) is 12.4 Å². The fourth-order valence-electron chi connectivity index (χ4n) is 2.86. The highest BCUT2D eigenvalue weighted by Crippen LogP contribution is 2.35. The third-order valence-corrected chi connectivity index (χ3v) is 3.53. The quantitative estimate of drug-likeness (QED) is 0.640. The van der Waals surface area contributed by atoms with Gasteiger partial charge in [0.2, 0.25) is 5.75 Å².